The van der Waals surface area contributed by atoms with E-state index in [1.165, 1.54) is 6.92 Å². The van der Waals surface area contributed by atoms with Gasteiger partial charge in [-0.05, 0) is 20.8 Å². The summed E-state index contributed by atoms with van der Waals surface area (Å²) in [5.41, 5.74) is 0. The molecule has 0 spiro atoms. The van der Waals surface area contributed by atoms with Gasteiger partial charge in [0.05, 0.1) is 19.4 Å². The van der Waals surface area contributed by atoms with E-state index in [1.54, 1.807) is 13.8 Å². The van der Waals surface area contributed by atoms with Crippen LogP contribution in [0, 0.1) is 0 Å². The van der Waals surface area contributed by atoms with Crippen molar-refractivity contribution in [3.05, 3.63) is 0 Å². The van der Waals surface area contributed by atoms with Crippen LogP contribution < -0.4 is 5.32 Å². The molecule has 96 valence electrons. The highest BCUT2D eigenvalue weighted by Gasteiger charge is 2.23. The molecule has 0 unspecified atom stereocenters. The van der Waals surface area contributed by atoms with Crippen molar-refractivity contribution >= 4 is 13.6 Å². The maximum Gasteiger partial charge on any atom is 0.331 e. The summed E-state index contributed by atoms with van der Waals surface area (Å²) in [6.45, 7) is 5.90. The van der Waals surface area contributed by atoms with Gasteiger partial charge in [0, 0.05) is 6.54 Å². The lowest BCUT2D eigenvalue weighted by Crippen LogP contribution is -2.35. The predicted octanol–water partition coefficient (Wildman–Crippen LogP) is 1.32. The number of hydrogen-bond acceptors (Lipinski definition) is 5. The second kappa shape index (κ2) is 7.79. The number of carboxylic acid groups (broad SMARTS) is 1. The molecule has 0 heterocycles. The summed E-state index contributed by atoms with van der Waals surface area (Å²) < 4.78 is 22.0. The Morgan fingerprint density at radius 2 is 1.88 bits per heavy atom. The Bertz CT molecular complexity index is 248. The summed E-state index contributed by atoms with van der Waals surface area (Å²) >= 11 is 0. The Labute approximate surface area is 95.9 Å². The first-order valence-corrected chi connectivity index (χ1v) is 7.02. The predicted molar refractivity (Wildman–Crippen MR) is 60.8 cm³/mol. The number of hydrogen-bond donors (Lipinski definition) is 2. The van der Waals surface area contributed by atoms with E-state index in [2.05, 4.69) is 5.32 Å². The van der Waals surface area contributed by atoms with Gasteiger partial charge < -0.3 is 19.5 Å². The molecule has 0 aliphatic heterocycles. The number of nitrogens with one attached hydrogen (secondary N) is 1. The SMILES string of the molecule is CCOP(=O)(CCN[C@@H](C)C(=O)O)OCC. The van der Waals surface area contributed by atoms with Gasteiger partial charge in [-0.25, -0.2) is 0 Å². The topological polar surface area (TPSA) is 84.9 Å². The summed E-state index contributed by atoms with van der Waals surface area (Å²) in [4.78, 5) is 10.5. The van der Waals surface area contributed by atoms with Crippen molar-refractivity contribution in [1.29, 1.82) is 0 Å². The molecular formula is C9H20NO5P. The molecule has 0 aliphatic carbocycles. The van der Waals surface area contributed by atoms with Crippen LogP contribution in [0.1, 0.15) is 20.8 Å². The van der Waals surface area contributed by atoms with Crippen molar-refractivity contribution in [2.45, 2.75) is 26.8 Å². The van der Waals surface area contributed by atoms with E-state index in [9.17, 15) is 9.36 Å². The molecule has 0 amide bonds. The highest BCUT2D eigenvalue weighted by Crippen LogP contribution is 2.47. The smallest absolute Gasteiger partial charge is 0.331 e. The summed E-state index contributed by atoms with van der Waals surface area (Å²) in [5, 5.41) is 11.3. The minimum Gasteiger partial charge on any atom is -0.480 e. The molecule has 0 fully saturated rings. The Kier molecular flexibility index (Phi) is 7.58. The molecule has 0 aliphatic rings. The van der Waals surface area contributed by atoms with Gasteiger partial charge in [-0.15, -0.1) is 0 Å². The number of carboxylic acids is 1. The molecule has 1 atom stereocenters. The van der Waals surface area contributed by atoms with Gasteiger partial charge >= 0.3 is 13.6 Å². The molecule has 0 radical (unpaired) electrons. The van der Waals surface area contributed by atoms with Gasteiger partial charge in [0.1, 0.15) is 6.04 Å². The average molecular weight is 253 g/mol. The summed E-state index contributed by atoms with van der Waals surface area (Å²) in [5.74, 6) is -0.942. The van der Waals surface area contributed by atoms with Gasteiger partial charge in [-0.3, -0.25) is 9.36 Å². The van der Waals surface area contributed by atoms with Crippen LogP contribution in [0.3, 0.4) is 0 Å². The molecular weight excluding hydrogens is 233 g/mol. The highest BCUT2D eigenvalue weighted by atomic mass is 31.2. The quantitative estimate of drug-likeness (QED) is 0.603. The largest absolute Gasteiger partial charge is 0.480 e. The fourth-order valence-corrected chi connectivity index (χ4v) is 2.59. The van der Waals surface area contributed by atoms with Gasteiger partial charge in [0.25, 0.3) is 0 Å². The summed E-state index contributed by atoms with van der Waals surface area (Å²) in [7, 11) is -3.06. The molecule has 0 bridgehead atoms. The van der Waals surface area contributed by atoms with Crippen LogP contribution >= 0.6 is 7.60 Å². The third-order valence-electron chi connectivity index (χ3n) is 1.86. The third kappa shape index (κ3) is 6.23. The molecule has 7 heteroatoms. The first-order chi connectivity index (χ1) is 7.45. The maximum atomic E-state index is 11.9. The van der Waals surface area contributed by atoms with Crippen molar-refractivity contribution in [3.63, 3.8) is 0 Å². The van der Waals surface area contributed by atoms with Crippen LogP contribution in [0.5, 0.6) is 0 Å². The Morgan fingerprint density at radius 3 is 2.25 bits per heavy atom. The van der Waals surface area contributed by atoms with E-state index >= 15 is 0 Å². The molecule has 2 N–H and O–H groups in total. The van der Waals surface area contributed by atoms with Crippen LogP contribution in [-0.4, -0.2) is 43.0 Å². The van der Waals surface area contributed by atoms with E-state index in [-0.39, 0.29) is 12.7 Å². The Hall–Kier alpha value is -0.420. The van der Waals surface area contributed by atoms with E-state index in [0.717, 1.165) is 0 Å². The standard InChI is InChI=1S/C9H20NO5P/c1-4-14-16(13,15-5-2)7-6-10-8(3)9(11)12/h8,10H,4-7H2,1-3H3,(H,11,12)/t8-/m0/s1. The Balaban J connectivity index is 4.03. The molecule has 6 nitrogen and oxygen atoms in total. The molecule has 0 aromatic carbocycles. The average Bonchev–Trinajstić information content (AvgIpc) is 2.17. The molecule has 16 heavy (non-hydrogen) atoms. The van der Waals surface area contributed by atoms with Crippen LogP contribution in [0.15, 0.2) is 0 Å². The minimum atomic E-state index is -3.06. The minimum absolute atomic E-state index is 0.173. The van der Waals surface area contributed by atoms with Gasteiger partial charge in [0.2, 0.25) is 0 Å². The number of aliphatic carboxylic acids is 1. The first-order valence-electron chi connectivity index (χ1n) is 5.29. The van der Waals surface area contributed by atoms with Crippen molar-refractivity contribution in [3.8, 4) is 0 Å². The maximum absolute atomic E-state index is 11.9. The van der Waals surface area contributed by atoms with Crippen molar-refractivity contribution in [2.24, 2.45) is 0 Å². The lowest BCUT2D eigenvalue weighted by atomic mass is 10.3. The van der Waals surface area contributed by atoms with Crippen LogP contribution in [0.4, 0.5) is 0 Å². The molecule has 0 aromatic heterocycles. The lowest BCUT2D eigenvalue weighted by Gasteiger charge is -2.17. The lowest BCUT2D eigenvalue weighted by molar-refractivity contribution is -0.138. The fraction of sp³-hybridized carbons (Fsp3) is 0.889. The van der Waals surface area contributed by atoms with E-state index in [0.29, 0.717) is 13.2 Å². The monoisotopic (exact) mass is 253 g/mol. The molecule has 0 saturated carbocycles. The molecule has 0 aromatic rings. The second-order valence-corrected chi connectivity index (χ2v) is 5.37. The number of carbonyl (C=O) groups is 1. The fourth-order valence-electron chi connectivity index (χ4n) is 1.07. The normalized spacial score (nSPS) is 13.7. The first kappa shape index (κ1) is 15.6. The van der Waals surface area contributed by atoms with Crippen LogP contribution in [0.25, 0.3) is 0 Å². The van der Waals surface area contributed by atoms with Crippen molar-refractivity contribution in [2.75, 3.05) is 25.9 Å². The second-order valence-electron chi connectivity index (χ2n) is 3.18. The van der Waals surface area contributed by atoms with E-state index in [4.69, 9.17) is 14.2 Å². The van der Waals surface area contributed by atoms with Crippen LogP contribution in [0.2, 0.25) is 0 Å². The zero-order chi connectivity index (χ0) is 12.6. The molecule has 0 rings (SSSR count). The van der Waals surface area contributed by atoms with Gasteiger partial charge in [0.15, 0.2) is 0 Å². The van der Waals surface area contributed by atoms with Crippen molar-refractivity contribution in [1.82, 2.24) is 5.32 Å². The Morgan fingerprint density at radius 1 is 1.38 bits per heavy atom. The third-order valence-corrected chi connectivity index (χ3v) is 3.93. The summed E-state index contributed by atoms with van der Waals surface area (Å²) in [6, 6.07) is -0.670. The number of rotatable bonds is 9. The van der Waals surface area contributed by atoms with Crippen molar-refractivity contribution < 1.29 is 23.5 Å². The molecule has 0 saturated heterocycles. The van der Waals surface area contributed by atoms with Gasteiger partial charge in [-0.2, -0.15) is 0 Å². The van der Waals surface area contributed by atoms with Gasteiger partial charge in [-0.1, -0.05) is 0 Å². The zero-order valence-electron chi connectivity index (χ0n) is 9.93. The van der Waals surface area contributed by atoms with E-state index < -0.39 is 19.6 Å². The highest BCUT2D eigenvalue weighted by molar-refractivity contribution is 7.53. The van der Waals surface area contributed by atoms with E-state index in [1.807, 2.05) is 0 Å². The van der Waals surface area contributed by atoms with Crippen LogP contribution in [-0.2, 0) is 18.4 Å². The zero-order valence-corrected chi connectivity index (χ0v) is 10.8. The summed E-state index contributed by atoms with van der Waals surface area (Å²) in [6.07, 6.45) is 0.173.